The number of Topliss-reactive ketones (excluding diaryl/α,β-unsaturated/α-hetero) is 1. The van der Waals surface area contributed by atoms with Crippen LogP contribution in [0.5, 0.6) is 5.75 Å². The summed E-state index contributed by atoms with van der Waals surface area (Å²) in [5.41, 5.74) is 0.690. The van der Waals surface area contributed by atoms with E-state index in [1.54, 1.807) is 36.4 Å². The maximum absolute atomic E-state index is 13.7. The number of rotatable bonds is 7. The SMILES string of the molecule is O=C(COC(=O)c1ccccc1OCc1ccc(Cl)cc1Cl)c1ccccc1F. The third-order valence-electron chi connectivity index (χ3n) is 4.01. The monoisotopic (exact) mass is 432 g/mol. The highest BCUT2D eigenvalue weighted by Crippen LogP contribution is 2.25. The first-order valence-electron chi connectivity index (χ1n) is 8.56. The van der Waals surface area contributed by atoms with Crippen LogP contribution in [0.25, 0.3) is 0 Å². The minimum Gasteiger partial charge on any atom is -0.488 e. The molecule has 0 N–H and O–H groups in total. The maximum atomic E-state index is 13.7. The first-order valence-corrected chi connectivity index (χ1v) is 9.32. The molecule has 3 aromatic carbocycles. The summed E-state index contributed by atoms with van der Waals surface area (Å²) in [7, 11) is 0. The number of halogens is 3. The third-order valence-corrected chi connectivity index (χ3v) is 4.60. The Bertz CT molecular complexity index is 1050. The van der Waals surface area contributed by atoms with Crippen LogP contribution < -0.4 is 4.74 Å². The molecule has 0 heterocycles. The Labute approximate surface area is 176 Å². The van der Waals surface area contributed by atoms with Gasteiger partial charge in [-0.15, -0.1) is 0 Å². The summed E-state index contributed by atoms with van der Waals surface area (Å²) in [5.74, 6) is -1.80. The summed E-state index contributed by atoms with van der Waals surface area (Å²) in [6, 6.07) is 16.9. The molecule has 3 rings (SSSR count). The van der Waals surface area contributed by atoms with Crippen molar-refractivity contribution in [2.75, 3.05) is 6.61 Å². The molecule has 7 heteroatoms. The van der Waals surface area contributed by atoms with E-state index in [2.05, 4.69) is 0 Å². The van der Waals surface area contributed by atoms with Crippen LogP contribution >= 0.6 is 23.2 Å². The van der Waals surface area contributed by atoms with Gasteiger partial charge < -0.3 is 9.47 Å². The lowest BCUT2D eigenvalue weighted by molar-refractivity contribution is 0.0469. The highest BCUT2D eigenvalue weighted by molar-refractivity contribution is 6.35. The molecule has 0 aliphatic heterocycles. The van der Waals surface area contributed by atoms with Gasteiger partial charge in [0.25, 0.3) is 0 Å². The van der Waals surface area contributed by atoms with Gasteiger partial charge in [-0.05, 0) is 36.4 Å². The van der Waals surface area contributed by atoms with Crippen LogP contribution in [0.15, 0.2) is 66.7 Å². The van der Waals surface area contributed by atoms with Crippen LogP contribution in [0.1, 0.15) is 26.3 Å². The Balaban J connectivity index is 1.67. The number of benzene rings is 3. The molecule has 0 amide bonds. The molecule has 0 fully saturated rings. The van der Waals surface area contributed by atoms with Crippen molar-refractivity contribution in [3.05, 3.63) is 99.3 Å². The van der Waals surface area contributed by atoms with Crippen molar-refractivity contribution in [2.24, 2.45) is 0 Å². The molecule has 148 valence electrons. The summed E-state index contributed by atoms with van der Waals surface area (Å²) in [6.07, 6.45) is 0. The highest BCUT2D eigenvalue weighted by atomic mass is 35.5. The van der Waals surface area contributed by atoms with Gasteiger partial charge in [-0.3, -0.25) is 4.79 Å². The van der Waals surface area contributed by atoms with Gasteiger partial charge in [0.15, 0.2) is 6.61 Å². The molecule has 0 aromatic heterocycles. The summed E-state index contributed by atoms with van der Waals surface area (Å²) in [6.45, 7) is -0.481. The van der Waals surface area contributed by atoms with Gasteiger partial charge >= 0.3 is 5.97 Å². The molecule has 0 spiro atoms. The summed E-state index contributed by atoms with van der Waals surface area (Å²) < 4.78 is 24.4. The van der Waals surface area contributed by atoms with E-state index >= 15 is 0 Å². The van der Waals surface area contributed by atoms with Crippen molar-refractivity contribution in [2.45, 2.75) is 6.61 Å². The second-order valence-corrected chi connectivity index (χ2v) is 6.84. The molecule has 4 nitrogen and oxygen atoms in total. The van der Waals surface area contributed by atoms with Gasteiger partial charge in [-0.25, -0.2) is 9.18 Å². The zero-order chi connectivity index (χ0) is 20.8. The Morgan fingerprint density at radius 3 is 2.31 bits per heavy atom. The molecule has 0 saturated heterocycles. The summed E-state index contributed by atoms with van der Waals surface area (Å²) in [4.78, 5) is 24.5. The molecule has 0 saturated carbocycles. The zero-order valence-corrected chi connectivity index (χ0v) is 16.5. The minimum atomic E-state index is -0.757. The van der Waals surface area contributed by atoms with E-state index in [4.69, 9.17) is 32.7 Å². The fraction of sp³-hybridized carbons (Fsp3) is 0.0909. The number of carbonyl (C=O) groups is 2. The number of carbonyl (C=O) groups excluding carboxylic acids is 2. The standard InChI is InChI=1S/C22H15Cl2FO4/c23-15-10-9-14(18(24)11-15)12-28-21-8-4-2-6-17(21)22(27)29-13-20(26)16-5-1-3-7-19(16)25/h1-11H,12-13H2. The van der Waals surface area contributed by atoms with E-state index in [1.165, 1.54) is 30.3 Å². The molecule has 0 radical (unpaired) electrons. The predicted molar refractivity (Wildman–Crippen MR) is 108 cm³/mol. The molecular formula is C22H15Cl2FO4. The average molecular weight is 433 g/mol. The maximum Gasteiger partial charge on any atom is 0.342 e. The Hall–Kier alpha value is -2.89. The van der Waals surface area contributed by atoms with E-state index in [0.717, 1.165) is 0 Å². The Kier molecular flexibility index (Phi) is 6.86. The zero-order valence-electron chi connectivity index (χ0n) is 15.0. The predicted octanol–water partition coefficient (Wildman–Crippen LogP) is 5.75. The first-order chi connectivity index (χ1) is 14.0. The second-order valence-electron chi connectivity index (χ2n) is 6.00. The molecular weight excluding hydrogens is 418 g/mol. The average Bonchev–Trinajstić information content (AvgIpc) is 2.71. The van der Waals surface area contributed by atoms with Crippen molar-refractivity contribution in [3.63, 3.8) is 0 Å². The van der Waals surface area contributed by atoms with Gasteiger partial charge in [-0.1, -0.05) is 53.5 Å². The number of hydrogen-bond acceptors (Lipinski definition) is 4. The fourth-order valence-corrected chi connectivity index (χ4v) is 2.99. The van der Waals surface area contributed by atoms with E-state index in [9.17, 15) is 14.0 Å². The third kappa shape index (κ3) is 5.34. The van der Waals surface area contributed by atoms with E-state index < -0.39 is 24.2 Å². The number of para-hydroxylation sites is 1. The molecule has 0 aliphatic rings. The molecule has 0 unspecified atom stereocenters. The molecule has 3 aromatic rings. The van der Waals surface area contributed by atoms with Crippen LogP contribution in [0.3, 0.4) is 0 Å². The van der Waals surface area contributed by atoms with Gasteiger partial charge in [0, 0.05) is 15.6 Å². The number of ketones is 1. The van der Waals surface area contributed by atoms with Crippen LogP contribution in [0, 0.1) is 5.82 Å². The van der Waals surface area contributed by atoms with Gasteiger partial charge in [0.1, 0.15) is 23.7 Å². The van der Waals surface area contributed by atoms with E-state index in [-0.39, 0.29) is 23.5 Å². The number of ether oxygens (including phenoxy) is 2. The van der Waals surface area contributed by atoms with Gasteiger partial charge in [0.2, 0.25) is 5.78 Å². The first kappa shape index (κ1) is 20.8. The number of esters is 1. The van der Waals surface area contributed by atoms with Crippen molar-refractivity contribution in [1.82, 2.24) is 0 Å². The lowest BCUT2D eigenvalue weighted by atomic mass is 10.1. The fourth-order valence-electron chi connectivity index (χ4n) is 2.53. The largest absolute Gasteiger partial charge is 0.488 e. The number of hydrogen-bond donors (Lipinski definition) is 0. The molecule has 0 bridgehead atoms. The molecule has 0 atom stereocenters. The van der Waals surface area contributed by atoms with Crippen LogP contribution in [-0.2, 0) is 11.3 Å². The highest BCUT2D eigenvalue weighted by Gasteiger charge is 2.18. The van der Waals surface area contributed by atoms with Crippen molar-refractivity contribution in [1.29, 1.82) is 0 Å². The minimum absolute atomic E-state index is 0.106. The lowest BCUT2D eigenvalue weighted by Crippen LogP contribution is -2.16. The summed E-state index contributed by atoms with van der Waals surface area (Å²) >= 11 is 12.0. The van der Waals surface area contributed by atoms with Gasteiger partial charge in [-0.2, -0.15) is 0 Å². The topological polar surface area (TPSA) is 52.6 Å². The Morgan fingerprint density at radius 1 is 0.897 bits per heavy atom. The molecule has 0 aliphatic carbocycles. The molecule has 29 heavy (non-hydrogen) atoms. The van der Waals surface area contributed by atoms with E-state index in [1.807, 2.05) is 0 Å². The smallest absolute Gasteiger partial charge is 0.342 e. The van der Waals surface area contributed by atoms with Crippen LogP contribution in [0.4, 0.5) is 4.39 Å². The van der Waals surface area contributed by atoms with Crippen molar-refractivity contribution in [3.8, 4) is 5.75 Å². The van der Waals surface area contributed by atoms with Gasteiger partial charge in [0.05, 0.1) is 5.56 Å². The van der Waals surface area contributed by atoms with Crippen molar-refractivity contribution < 1.29 is 23.5 Å². The van der Waals surface area contributed by atoms with Crippen LogP contribution in [-0.4, -0.2) is 18.4 Å². The van der Waals surface area contributed by atoms with Crippen molar-refractivity contribution >= 4 is 35.0 Å². The Morgan fingerprint density at radius 2 is 1.59 bits per heavy atom. The second kappa shape index (κ2) is 9.54. The quantitative estimate of drug-likeness (QED) is 0.352. The summed E-state index contributed by atoms with van der Waals surface area (Å²) in [5, 5.41) is 0.940. The van der Waals surface area contributed by atoms with Crippen LogP contribution in [0.2, 0.25) is 10.0 Å². The normalized spacial score (nSPS) is 10.4. The van der Waals surface area contributed by atoms with E-state index in [0.29, 0.717) is 15.6 Å². The lowest BCUT2D eigenvalue weighted by Gasteiger charge is -2.12.